The van der Waals surface area contributed by atoms with Crippen LogP contribution in [-0.4, -0.2) is 22.9 Å². The van der Waals surface area contributed by atoms with E-state index in [4.69, 9.17) is 4.74 Å². The normalized spacial score (nSPS) is 10.0. The smallest absolute Gasteiger partial charge is 0.282 e. The summed E-state index contributed by atoms with van der Waals surface area (Å²) in [6.45, 7) is 0. The van der Waals surface area contributed by atoms with Crippen molar-refractivity contribution < 1.29 is 18.8 Å². The number of benzene rings is 1. The third-order valence-corrected chi connectivity index (χ3v) is 2.60. The molecule has 108 valence electrons. The van der Waals surface area contributed by atoms with Gasteiger partial charge in [0.15, 0.2) is 0 Å². The molecule has 0 saturated carbocycles. The molecule has 0 atom stereocenters. The molecule has 0 bridgehead atoms. The molecule has 0 radical (unpaired) electrons. The van der Waals surface area contributed by atoms with E-state index in [1.54, 1.807) is 0 Å². The lowest BCUT2D eigenvalue weighted by Gasteiger charge is -2.06. The molecule has 0 spiro atoms. The average molecular weight is 291 g/mol. The molecule has 0 aliphatic carbocycles. The maximum Gasteiger partial charge on any atom is 0.282 e. The molecule has 2 rings (SSSR count). The van der Waals surface area contributed by atoms with E-state index in [0.717, 1.165) is 18.2 Å². The summed E-state index contributed by atoms with van der Waals surface area (Å²) in [5.74, 6) is -1.18. The Kier molecular flexibility index (Phi) is 4.07. The molecule has 2 aromatic rings. The van der Waals surface area contributed by atoms with Gasteiger partial charge in [0.05, 0.1) is 23.9 Å². The summed E-state index contributed by atoms with van der Waals surface area (Å²) in [6.07, 6.45) is 1.32. The highest BCUT2D eigenvalue weighted by atomic mass is 19.1. The SMILES string of the molecule is COc1ccc(NC(=O)c2cc(F)ccc2[N+](=O)[O-])cn1. The highest BCUT2D eigenvalue weighted by Crippen LogP contribution is 2.21. The summed E-state index contributed by atoms with van der Waals surface area (Å²) in [5.41, 5.74) is -0.537. The predicted molar refractivity (Wildman–Crippen MR) is 71.8 cm³/mol. The van der Waals surface area contributed by atoms with Crippen LogP contribution < -0.4 is 10.1 Å². The molecule has 1 heterocycles. The number of ether oxygens (including phenoxy) is 1. The van der Waals surface area contributed by atoms with Gasteiger partial charge in [-0.25, -0.2) is 9.37 Å². The molecule has 21 heavy (non-hydrogen) atoms. The first-order valence-corrected chi connectivity index (χ1v) is 5.76. The summed E-state index contributed by atoms with van der Waals surface area (Å²) in [5, 5.41) is 13.3. The fraction of sp³-hybridized carbons (Fsp3) is 0.0769. The molecule has 1 N–H and O–H groups in total. The topological polar surface area (TPSA) is 94.4 Å². The Labute approximate surface area is 118 Å². The number of aromatic nitrogens is 1. The molecule has 7 nitrogen and oxygen atoms in total. The first-order chi connectivity index (χ1) is 10.0. The van der Waals surface area contributed by atoms with Crippen molar-refractivity contribution in [1.29, 1.82) is 0 Å². The van der Waals surface area contributed by atoms with Crippen molar-refractivity contribution in [3.05, 3.63) is 58.0 Å². The number of carbonyl (C=O) groups excluding carboxylic acids is 1. The van der Waals surface area contributed by atoms with E-state index in [1.807, 2.05) is 0 Å². The average Bonchev–Trinajstić information content (AvgIpc) is 2.47. The zero-order chi connectivity index (χ0) is 15.4. The van der Waals surface area contributed by atoms with Crippen molar-refractivity contribution in [3.8, 4) is 5.88 Å². The van der Waals surface area contributed by atoms with Crippen molar-refractivity contribution in [2.45, 2.75) is 0 Å². The number of nitro groups is 1. The highest BCUT2D eigenvalue weighted by molar-refractivity contribution is 6.07. The first-order valence-electron chi connectivity index (χ1n) is 5.76. The van der Waals surface area contributed by atoms with Gasteiger partial charge in [-0.15, -0.1) is 0 Å². The van der Waals surface area contributed by atoms with Gasteiger partial charge in [-0.1, -0.05) is 0 Å². The van der Waals surface area contributed by atoms with Gasteiger partial charge in [0, 0.05) is 12.1 Å². The summed E-state index contributed by atoms with van der Waals surface area (Å²) >= 11 is 0. The molecule has 0 fully saturated rings. The molecule has 1 aromatic heterocycles. The van der Waals surface area contributed by atoms with Gasteiger partial charge in [0.2, 0.25) is 5.88 Å². The minimum absolute atomic E-state index is 0.305. The van der Waals surface area contributed by atoms with Gasteiger partial charge in [0.1, 0.15) is 11.4 Å². The van der Waals surface area contributed by atoms with E-state index in [0.29, 0.717) is 11.6 Å². The zero-order valence-corrected chi connectivity index (χ0v) is 10.9. The summed E-state index contributed by atoms with van der Waals surface area (Å²) in [7, 11) is 1.44. The number of carbonyl (C=O) groups is 1. The Hall–Kier alpha value is -3.03. The Morgan fingerprint density at radius 2 is 2.14 bits per heavy atom. The Balaban J connectivity index is 2.27. The lowest BCUT2D eigenvalue weighted by Crippen LogP contribution is -2.14. The van der Waals surface area contributed by atoms with Gasteiger partial charge in [-0.05, 0) is 18.2 Å². The van der Waals surface area contributed by atoms with Crippen LogP contribution in [0.3, 0.4) is 0 Å². The Bertz CT molecular complexity index is 688. The van der Waals surface area contributed by atoms with E-state index in [1.165, 1.54) is 25.4 Å². The maximum atomic E-state index is 13.2. The van der Waals surface area contributed by atoms with Gasteiger partial charge in [-0.2, -0.15) is 0 Å². The van der Waals surface area contributed by atoms with Crippen LogP contribution in [0.4, 0.5) is 15.8 Å². The third kappa shape index (κ3) is 3.30. The van der Waals surface area contributed by atoms with Crippen LogP contribution in [0.2, 0.25) is 0 Å². The number of amides is 1. The number of halogens is 1. The summed E-state index contributed by atoms with van der Waals surface area (Å²) < 4.78 is 18.0. The van der Waals surface area contributed by atoms with E-state index in [9.17, 15) is 19.3 Å². The van der Waals surface area contributed by atoms with Gasteiger partial charge < -0.3 is 10.1 Å². The fourth-order valence-corrected chi connectivity index (χ4v) is 1.62. The van der Waals surface area contributed by atoms with Gasteiger partial charge in [0.25, 0.3) is 11.6 Å². The molecule has 8 heteroatoms. The predicted octanol–water partition coefficient (Wildman–Crippen LogP) is 2.39. The van der Waals surface area contributed by atoms with Crippen LogP contribution >= 0.6 is 0 Å². The Morgan fingerprint density at radius 1 is 1.38 bits per heavy atom. The molecule has 0 aliphatic rings. The number of pyridine rings is 1. The number of anilines is 1. The van der Waals surface area contributed by atoms with Crippen molar-refractivity contribution in [2.75, 3.05) is 12.4 Å². The first kappa shape index (κ1) is 14.4. The monoisotopic (exact) mass is 291 g/mol. The van der Waals surface area contributed by atoms with Crippen molar-refractivity contribution in [3.63, 3.8) is 0 Å². The molecular formula is C13H10FN3O4. The minimum atomic E-state index is -0.798. The van der Waals surface area contributed by atoms with E-state index < -0.39 is 22.3 Å². The van der Waals surface area contributed by atoms with Crippen LogP contribution in [0.1, 0.15) is 10.4 Å². The van der Waals surface area contributed by atoms with Gasteiger partial charge in [-0.3, -0.25) is 14.9 Å². The second-order valence-electron chi connectivity index (χ2n) is 3.96. The number of hydrogen-bond acceptors (Lipinski definition) is 5. The second-order valence-corrected chi connectivity index (χ2v) is 3.96. The lowest BCUT2D eigenvalue weighted by atomic mass is 10.1. The number of nitrogens with one attached hydrogen (secondary N) is 1. The van der Waals surface area contributed by atoms with E-state index >= 15 is 0 Å². The van der Waals surface area contributed by atoms with Crippen LogP contribution in [0.5, 0.6) is 5.88 Å². The second kappa shape index (κ2) is 5.95. The van der Waals surface area contributed by atoms with Crippen LogP contribution in [0, 0.1) is 15.9 Å². The summed E-state index contributed by atoms with van der Waals surface area (Å²) in [6, 6.07) is 5.69. The summed E-state index contributed by atoms with van der Waals surface area (Å²) in [4.78, 5) is 26.0. The lowest BCUT2D eigenvalue weighted by molar-refractivity contribution is -0.385. The van der Waals surface area contributed by atoms with E-state index in [-0.39, 0.29) is 5.56 Å². The number of nitro benzene ring substituents is 1. The molecule has 1 amide bonds. The molecule has 0 saturated heterocycles. The number of rotatable bonds is 4. The van der Waals surface area contributed by atoms with Gasteiger partial charge >= 0.3 is 0 Å². The Morgan fingerprint density at radius 3 is 2.71 bits per heavy atom. The van der Waals surface area contributed by atoms with Crippen LogP contribution in [0.25, 0.3) is 0 Å². The molecular weight excluding hydrogens is 281 g/mol. The minimum Gasteiger partial charge on any atom is -0.481 e. The van der Waals surface area contributed by atoms with Crippen molar-refractivity contribution >= 4 is 17.3 Å². The molecule has 0 unspecified atom stereocenters. The molecule has 1 aromatic carbocycles. The number of hydrogen-bond donors (Lipinski definition) is 1. The number of nitrogens with zero attached hydrogens (tertiary/aromatic N) is 2. The fourth-order valence-electron chi connectivity index (χ4n) is 1.62. The van der Waals surface area contributed by atoms with Crippen molar-refractivity contribution in [1.82, 2.24) is 4.98 Å². The largest absolute Gasteiger partial charge is 0.481 e. The zero-order valence-electron chi connectivity index (χ0n) is 10.9. The third-order valence-electron chi connectivity index (χ3n) is 2.60. The maximum absolute atomic E-state index is 13.2. The highest BCUT2D eigenvalue weighted by Gasteiger charge is 2.21. The van der Waals surface area contributed by atoms with Crippen LogP contribution in [-0.2, 0) is 0 Å². The number of methoxy groups -OCH3 is 1. The van der Waals surface area contributed by atoms with Crippen molar-refractivity contribution in [2.24, 2.45) is 0 Å². The van der Waals surface area contributed by atoms with Crippen LogP contribution in [0.15, 0.2) is 36.5 Å². The quantitative estimate of drug-likeness (QED) is 0.689. The molecule has 0 aliphatic heterocycles. The van der Waals surface area contributed by atoms with E-state index in [2.05, 4.69) is 10.3 Å². The standard InChI is InChI=1S/C13H10FN3O4/c1-21-12-5-3-9(7-15-12)16-13(18)10-6-8(14)2-4-11(10)17(19)20/h2-7H,1H3,(H,16,18).